The van der Waals surface area contributed by atoms with E-state index in [0.717, 1.165) is 4.67 Å². The molecule has 0 aromatic carbocycles. The second-order valence-electron chi connectivity index (χ2n) is 3.03. The SMILES string of the molecule is CCN(CC)P(=O)(O)O.CCOP(N)(=O)OCC. The van der Waals surface area contributed by atoms with E-state index in [1.54, 1.807) is 27.7 Å². The number of nitrogens with two attached hydrogens (primary N) is 1. The fraction of sp³-hybridized carbons (Fsp3) is 1.00. The van der Waals surface area contributed by atoms with Gasteiger partial charge in [0, 0.05) is 13.1 Å². The first-order chi connectivity index (χ1) is 8.14. The van der Waals surface area contributed by atoms with Crippen LogP contribution in [0, 0.1) is 0 Å². The normalized spacial score (nSPS) is 12.2. The van der Waals surface area contributed by atoms with Gasteiger partial charge in [0.1, 0.15) is 0 Å². The zero-order valence-electron chi connectivity index (χ0n) is 11.3. The van der Waals surface area contributed by atoms with Crippen molar-refractivity contribution in [2.45, 2.75) is 27.7 Å². The van der Waals surface area contributed by atoms with Gasteiger partial charge in [0.05, 0.1) is 13.2 Å². The van der Waals surface area contributed by atoms with Crippen molar-refractivity contribution in [1.29, 1.82) is 0 Å². The van der Waals surface area contributed by atoms with Gasteiger partial charge in [0.15, 0.2) is 0 Å². The molecule has 0 fully saturated rings. The third kappa shape index (κ3) is 11.3. The Morgan fingerprint density at radius 1 is 1.00 bits per heavy atom. The molecular weight excluding hydrogens is 282 g/mol. The molecule has 0 spiro atoms. The van der Waals surface area contributed by atoms with Crippen LogP contribution in [0.15, 0.2) is 0 Å². The first kappa shape index (κ1) is 20.5. The summed E-state index contributed by atoms with van der Waals surface area (Å²) in [6.07, 6.45) is 0. The van der Waals surface area contributed by atoms with Gasteiger partial charge in [-0.3, -0.25) is 9.05 Å². The van der Waals surface area contributed by atoms with Gasteiger partial charge in [0.2, 0.25) is 0 Å². The smallest absolute Gasteiger partial charge is 0.312 e. The average Bonchev–Trinajstić information content (AvgIpc) is 2.17. The van der Waals surface area contributed by atoms with Gasteiger partial charge >= 0.3 is 15.5 Å². The van der Waals surface area contributed by atoms with Gasteiger partial charge in [-0.2, -0.15) is 0 Å². The number of hydrogen-bond donors (Lipinski definition) is 3. The highest BCUT2D eigenvalue weighted by Crippen LogP contribution is 2.39. The summed E-state index contributed by atoms with van der Waals surface area (Å²) < 4.78 is 31.4. The van der Waals surface area contributed by atoms with E-state index >= 15 is 0 Å². The minimum Gasteiger partial charge on any atom is -0.312 e. The van der Waals surface area contributed by atoms with Crippen molar-refractivity contribution in [3.63, 3.8) is 0 Å². The molecule has 0 atom stereocenters. The Labute approximate surface area is 108 Å². The molecule has 0 aromatic rings. The van der Waals surface area contributed by atoms with E-state index in [9.17, 15) is 9.13 Å². The van der Waals surface area contributed by atoms with Crippen molar-refractivity contribution in [2.75, 3.05) is 26.3 Å². The minimum absolute atomic E-state index is 0.313. The summed E-state index contributed by atoms with van der Waals surface area (Å²) in [5.41, 5.74) is 5.05. The van der Waals surface area contributed by atoms with Crippen molar-refractivity contribution < 1.29 is 28.0 Å². The zero-order valence-corrected chi connectivity index (χ0v) is 13.1. The zero-order chi connectivity index (χ0) is 14.8. The molecule has 0 amide bonds. The maximum Gasteiger partial charge on any atom is 0.402 e. The molecule has 0 radical (unpaired) electrons. The Bertz CT molecular complexity index is 274. The van der Waals surface area contributed by atoms with Crippen LogP contribution in [0.3, 0.4) is 0 Å². The molecule has 8 nitrogen and oxygen atoms in total. The van der Waals surface area contributed by atoms with Crippen molar-refractivity contribution in [3.8, 4) is 0 Å². The highest BCUT2D eigenvalue weighted by atomic mass is 31.2. The predicted molar refractivity (Wildman–Crippen MR) is 70.0 cm³/mol. The van der Waals surface area contributed by atoms with Crippen LogP contribution in [0.4, 0.5) is 0 Å². The quantitative estimate of drug-likeness (QED) is 0.605. The van der Waals surface area contributed by atoms with Gasteiger partial charge in [-0.1, -0.05) is 13.8 Å². The third-order valence-electron chi connectivity index (χ3n) is 1.72. The van der Waals surface area contributed by atoms with E-state index in [1.807, 2.05) is 0 Å². The molecular formula is C8H24N2O6P2. The molecule has 0 rings (SSSR count). The first-order valence-corrected chi connectivity index (χ1v) is 8.80. The van der Waals surface area contributed by atoms with Crippen molar-refractivity contribution >= 4 is 15.5 Å². The van der Waals surface area contributed by atoms with Crippen LogP contribution >= 0.6 is 15.5 Å². The largest absolute Gasteiger partial charge is 0.402 e. The monoisotopic (exact) mass is 306 g/mol. The van der Waals surface area contributed by atoms with Crippen LogP contribution in [0.25, 0.3) is 0 Å². The van der Waals surface area contributed by atoms with Gasteiger partial charge in [0.25, 0.3) is 0 Å². The number of hydrogen-bond acceptors (Lipinski definition) is 4. The van der Waals surface area contributed by atoms with Crippen LogP contribution in [-0.4, -0.2) is 40.8 Å². The van der Waals surface area contributed by atoms with Crippen LogP contribution in [0.1, 0.15) is 27.7 Å². The lowest BCUT2D eigenvalue weighted by molar-refractivity contribution is 0.221. The first-order valence-electron chi connectivity index (χ1n) is 5.63. The maximum absolute atomic E-state index is 10.7. The summed E-state index contributed by atoms with van der Waals surface area (Å²) in [5, 5.41) is 0. The molecule has 112 valence electrons. The average molecular weight is 306 g/mol. The van der Waals surface area contributed by atoms with Gasteiger partial charge in [-0.05, 0) is 13.8 Å². The van der Waals surface area contributed by atoms with Crippen molar-refractivity contribution in [3.05, 3.63) is 0 Å². The van der Waals surface area contributed by atoms with Gasteiger partial charge < -0.3 is 9.79 Å². The van der Waals surface area contributed by atoms with E-state index in [-0.39, 0.29) is 0 Å². The van der Waals surface area contributed by atoms with Crippen LogP contribution < -0.4 is 5.50 Å². The minimum atomic E-state index is -3.94. The predicted octanol–water partition coefficient (Wildman–Crippen LogP) is 1.55. The van der Waals surface area contributed by atoms with Gasteiger partial charge in [-0.25, -0.2) is 19.3 Å². The van der Waals surface area contributed by atoms with E-state index < -0.39 is 15.5 Å². The molecule has 0 bridgehead atoms. The van der Waals surface area contributed by atoms with Crippen molar-refractivity contribution in [2.24, 2.45) is 5.50 Å². The highest BCUT2D eigenvalue weighted by Gasteiger charge is 2.20. The van der Waals surface area contributed by atoms with Gasteiger partial charge in [-0.15, -0.1) is 0 Å². The Morgan fingerprint density at radius 3 is 1.44 bits per heavy atom. The summed E-state index contributed by atoms with van der Waals surface area (Å²) in [6.45, 7) is 8.24. The summed E-state index contributed by atoms with van der Waals surface area (Å²) in [7, 11) is -7.14. The second-order valence-corrected chi connectivity index (χ2v) is 6.22. The lowest BCUT2D eigenvalue weighted by atomic mass is 10.7. The lowest BCUT2D eigenvalue weighted by Crippen LogP contribution is -2.18. The third-order valence-corrected chi connectivity index (χ3v) is 4.26. The summed E-state index contributed by atoms with van der Waals surface area (Å²) in [5.74, 6) is 0. The molecule has 18 heavy (non-hydrogen) atoms. The summed E-state index contributed by atoms with van der Waals surface area (Å²) in [4.78, 5) is 17.0. The van der Waals surface area contributed by atoms with Crippen LogP contribution in [-0.2, 0) is 18.2 Å². The Hall–Kier alpha value is 0.220. The second kappa shape index (κ2) is 10.1. The number of rotatable bonds is 7. The van der Waals surface area contributed by atoms with E-state index in [2.05, 4.69) is 9.05 Å². The molecule has 0 aliphatic rings. The summed E-state index contributed by atoms with van der Waals surface area (Å²) >= 11 is 0. The molecule has 0 aliphatic heterocycles. The standard InChI is InChI=1S/2C4H12NO3P/c1-3-7-9(5,6)8-4-2;1-3-5(4-2)9(6,7)8/h3-4H2,1-2H3,(H2,5,6);3-4H2,1-2H3,(H2,6,7,8). The van der Waals surface area contributed by atoms with E-state index in [1.165, 1.54) is 0 Å². The van der Waals surface area contributed by atoms with Crippen LogP contribution in [0.5, 0.6) is 0 Å². The highest BCUT2D eigenvalue weighted by molar-refractivity contribution is 7.51. The molecule has 0 aliphatic carbocycles. The molecule has 0 saturated carbocycles. The molecule has 0 unspecified atom stereocenters. The lowest BCUT2D eigenvalue weighted by Gasteiger charge is -2.18. The Kier molecular flexibility index (Phi) is 11.5. The van der Waals surface area contributed by atoms with E-state index in [4.69, 9.17) is 15.3 Å². The van der Waals surface area contributed by atoms with Crippen LogP contribution in [0.2, 0.25) is 0 Å². The fourth-order valence-electron chi connectivity index (χ4n) is 0.989. The number of nitrogens with zero attached hydrogens (tertiary/aromatic N) is 1. The Morgan fingerprint density at radius 2 is 1.33 bits per heavy atom. The van der Waals surface area contributed by atoms with Crippen molar-refractivity contribution in [1.82, 2.24) is 4.67 Å². The molecule has 0 heterocycles. The van der Waals surface area contributed by atoms with E-state index in [0.29, 0.717) is 26.3 Å². The molecule has 10 heteroatoms. The Balaban J connectivity index is 0. The fourth-order valence-corrected chi connectivity index (χ4v) is 2.52. The summed E-state index contributed by atoms with van der Waals surface area (Å²) in [6, 6.07) is 0. The molecule has 0 aromatic heterocycles. The molecule has 4 N–H and O–H groups in total. The molecule has 0 saturated heterocycles. The maximum atomic E-state index is 10.7. The topological polar surface area (TPSA) is 122 Å².